The second kappa shape index (κ2) is 7.43. The van der Waals surface area contributed by atoms with Crippen LogP contribution in [-0.2, 0) is 21.1 Å². The molecule has 2 aromatic carbocycles. The third kappa shape index (κ3) is 3.89. The zero-order chi connectivity index (χ0) is 20.5. The fourth-order valence-corrected chi connectivity index (χ4v) is 3.39. The standard InChI is InChI=1S/C19H16FNO6S/c1-26-15-8-5-12(9-14(15)20)19-18(16(27-21-19)10-17(22)23)11-3-6-13(7-4-11)28(2,24)25/h3-9H,10H2,1-2H3,(H,22,23). The molecule has 7 nitrogen and oxygen atoms in total. The zero-order valence-corrected chi connectivity index (χ0v) is 15.8. The zero-order valence-electron chi connectivity index (χ0n) is 15.0. The molecule has 28 heavy (non-hydrogen) atoms. The molecule has 1 heterocycles. The highest BCUT2D eigenvalue weighted by Gasteiger charge is 2.22. The van der Waals surface area contributed by atoms with E-state index in [2.05, 4.69) is 5.16 Å². The van der Waals surface area contributed by atoms with Gasteiger partial charge in [-0.25, -0.2) is 12.8 Å². The van der Waals surface area contributed by atoms with Crippen LogP contribution in [0.1, 0.15) is 5.76 Å². The van der Waals surface area contributed by atoms with Gasteiger partial charge < -0.3 is 14.4 Å². The van der Waals surface area contributed by atoms with E-state index in [1.807, 2.05) is 0 Å². The number of benzene rings is 2. The lowest BCUT2D eigenvalue weighted by atomic mass is 9.98. The van der Waals surface area contributed by atoms with Gasteiger partial charge in [0.1, 0.15) is 12.1 Å². The summed E-state index contributed by atoms with van der Waals surface area (Å²) in [4.78, 5) is 11.3. The number of ether oxygens (including phenoxy) is 1. The lowest BCUT2D eigenvalue weighted by Gasteiger charge is -2.07. The maximum absolute atomic E-state index is 14.1. The molecule has 3 rings (SSSR count). The van der Waals surface area contributed by atoms with Gasteiger partial charge in [0.15, 0.2) is 27.2 Å². The molecule has 0 amide bonds. The van der Waals surface area contributed by atoms with Crippen molar-refractivity contribution in [3.63, 3.8) is 0 Å². The molecule has 0 atom stereocenters. The van der Waals surface area contributed by atoms with Crippen molar-refractivity contribution in [2.45, 2.75) is 11.3 Å². The predicted molar refractivity (Wildman–Crippen MR) is 98.3 cm³/mol. The average molecular weight is 405 g/mol. The van der Waals surface area contributed by atoms with Crippen LogP contribution in [0, 0.1) is 5.82 Å². The minimum absolute atomic E-state index is 0.0528. The van der Waals surface area contributed by atoms with Gasteiger partial charge >= 0.3 is 5.97 Å². The summed E-state index contributed by atoms with van der Waals surface area (Å²) in [6.07, 6.45) is 0.650. The number of carboxylic acids is 1. The van der Waals surface area contributed by atoms with Crippen LogP contribution in [0.5, 0.6) is 5.75 Å². The molecule has 0 unspecified atom stereocenters. The first-order chi connectivity index (χ1) is 13.2. The summed E-state index contributed by atoms with van der Waals surface area (Å²) in [5, 5.41) is 13.1. The predicted octanol–water partition coefficient (Wildman–Crippen LogP) is 3.19. The third-order valence-electron chi connectivity index (χ3n) is 4.07. The van der Waals surface area contributed by atoms with E-state index in [1.54, 1.807) is 6.07 Å². The van der Waals surface area contributed by atoms with Gasteiger partial charge in [-0.2, -0.15) is 0 Å². The summed E-state index contributed by atoms with van der Waals surface area (Å²) in [6, 6.07) is 10.1. The highest BCUT2D eigenvalue weighted by Crippen LogP contribution is 2.36. The van der Waals surface area contributed by atoms with Gasteiger partial charge in [0.05, 0.1) is 17.6 Å². The smallest absolute Gasteiger partial charge is 0.311 e. The Kier molecular flexibility index (Phi) is 5.19. The first kappa shape index (κ1) is 19.6. The van der Waals surface area contributed by atoms with Gasteiger partial charge in [-0.15, -0.1) is 0 Å². The van der Waals surface area contributed by atoms with Gasteiger partial charge in [-0.05, 0) is 35.9 Å². The molecule has 9 heteroatoms. The topological polar surface area (TPSA) is 107 Å². The third-order valence-corrected chi connectivity index (χ3v) is 5.20. The van der Waals surface area contributed by atoms with Crippen LogP contribution in [0.4, 0.5) is 4.39 Å². The fraction of sp³-hybridized carbons (Fsp3) is 0.158. The average Bonchev–Trinajstić information content (AvgIpc) is 3.03. The monoisotopic (exact) mass is 405 g/mol. The maximum Gasteiger partial charge on any atom is 0.311 e. The second-order valence-corrected chi connectivity index (χ2v) is 8.06. The van der Waals surface area contributed by atoms with Crippen molar-refractivity contribution in [2.75, 3.05) is 13.4 Å². The van der Waals surface area contributed by atoms with E-state index in [9.17, 15) is 17.6 Å². The number of rotatable bonds is 6. The Morgan fingerprint density at radius 3 is 2.36 bits per heavy atom. The number of hydrogen-bond acceptors (Lipinski definition) is 6. The molecule has 146 valence electrons. The van der Waals surface area contributed by atoms with E-state index in [0.29, 0.717) is 16.7 Å². The number of sulfone groups is 1. The molecule has 1 aromatic heterocycles. The van der Waals surface area contributed by atoms with Crippen LogP contribution < -0.4 is 4.74 Å². The number of halogens is 1. The minimum Gasteiger partial charge on any atom is -0.494 e. The van der Waals surface area contributed by atoms with Gasteiger partial charge in [0, 0.05) is 11.8 Å². The van der Waals surface area contributed by atoms with E-state index in [4.69, 9.17) is 14.4 Å². The van der Waals surface area contributed by atoms with E-state index in [0.717, 1.165) is 6.26 Å². The van der Waals surface area contributed by atoms with E-state index in [-0.39, 0.29) is 22.1 Å². The largest absolute Gasteiger partial charge is 0.494 e. The summed E-state index contributed by atoms with van der Waals surface area (Å²) in [6.45, 7) is 0. The van der Waals surface area contributed by atoms with Crippen LogP contribution >= 0.6 is 0 Å². The van der Waals surface area contributed by atoms with Crippen LogP contribution in [0.25, 0.3) is 22.4 Å². The first-order valence-electron chi connectivity index (χ1n) is 8.05. The van der Waals surface area contributed by atoms with Crippen LogP contribution in [-0.4, -0.2) is 38.0 Å². The Morgan fingerprint density at radius 2 is 1.82 bits per heavy atom. The quantitative estimate of drug-likeness (QED) is 0.671. The lowest BCUT2D eigenvalue weighted by Crippen LogP contribution is -2.01. The Morgan fingerprint density at radius 1 is 1.18 bits per heavy atom. The summed E-state index contributed by atoms with van der Waals surface area (Å²) >= 11 is 0. The Balaban J connectivity index is 2.16. The first-order valence-corrected chi connectivity index (χ1v) is 9.94. The van der Waals surface area contributed by atoms with E-state index < -0.39 is 28.0 Å². The molecule has 3 aromatic rings. The van der Waals surface area contributed by atoms with Gasteiger partial charge in [0.2, 0.25) is 0 Å². The maximum atomic E-state index is 14.1. The number of hydrogen-bond donors (Lipinski definition) is 1. The molecule has 0 aliphatic carbocycles. The van der Waals surface area contributed by atoms with Gasteiger partial charge in [0.25, 0.3) is 0 Å². The van der Waals surface area contributed by atoms with Crippen molar-refractivity contribution in [1.29, 1.82) is 0 Å². The van der Waals surface area contributed by atoms with Crippen molar-refractivity contribution in [2.24, 2.45) is 0 Å². The fourth-order valence-electron chi connectivity index (χ4n) is 2.76. The number of carboxylic acid groups (broad SMARTS) is 1. The van der Waals surface area contributed by atoms with Crippen molar-refractivity contribution in [3.05, 3.63) is 54.0 Å². The van der Waals surface area contributed by atoms with Crippen LogP contribution in [0.3, 0.4) is 0 Å². The van der Waals surface area contributed by atoms with Gasteiger partial charge in [-0.1, -0.05) is 17.3 Å². The summed E-state index contributed by atoms with van der Waals surface area (Å²) in [5.74, 6) is -1.61. The molecule has 0 bridgehead atoms. The second-order valence-electron chi connectivity index (χ2n) is 6.05. The molecular weight excluding hydrogens is 389 g/mol. The number of methoxy groups -OCH3 is 1. The summed E-state index contributed by atoms with van der Waals surface area (Å²) in [5.41, 5.74) is 1.45. The summed E-state index contributed by atoms with van der Waals surface area (Å²) in [7, 11) is -2.05. The molecule has 0 radical (unpaired) electrons. The normalized spacial score (nSPS) is 11.4. The molecule has 0 saturated carbocycles. The molecule has 0 saturated heterocycles. The van der Waals surface area contributed by atoms with Crippen LogP contribution in [0.15, 0.2) is 51.9 Å². The van der Waals surface area contributed by atoms with Crippen molar-refractivity contribution >= 4 is 15.8 Å². The lowest BCUT2D eigenvalue weighted by molar-refractivity contribution is -0.136. The SMILES string of the molecule is COc1ccc(-c2noc(CC(=O)O)c2-c2ccc(S(C)(=O)=O)cc2)cc1F. The highest BCUT2D eigenvalue weighted by molar-refractivity contribution is 7.90. The minimum atomic E-state index is -3.39. The number of aliphatic carboxylic acids is 1. The van der Waals surface area contributed by atoms with Gasteiger partial charge in [-0.3, -0.25) is 4.79 Å². The molecule has 0 fully saturated rings. The Labute approximate surface area is 160 Å². The highest BCUT2D eigenvalue weighted by atomic mass is 32.2. The van der Waals surface area contributed by atoms with Crippen molar-refractivity contribution in [3.8, 4) is 28.1 Å². The molecule has 0 aliphatic heterocycles. The van der Waals surface area contributed by atoms with Crippen LogP contribution in [0.2, 0.25) is 0 Å². The molecule has 0 aliphatic rings. The molecule has 0 spiro atoms. The number of nitrogens with zero attached hydrogens (tertiary/aromatic N) is 1. The van der Waals surface area contributed by atoms with E-state index >= 15 is 0 Å². The van der Waals surface area contributed by atoms with Crippen molar-refractivity contribution in [1.82, 2.24) is 5.16 Å². The number of aromatic nitrogens is 1. The Bertz CT molecular complexity index is 1140. The van der Waals surface area contributed by atoms with E-state index in [1.165, 1.54) is 43.5 Å². The number of carbonyl (C=O) groups is 1. The Hall–Kier alpha value is -3.20. The molecular formula is C19H16FNO6S. The van der Waals surface area contributed by atoms with Crippen molar-refractivity contribution < 1.29 is 32.0 Å². The molecule has 1 N–H and O–H groups in total. The summed E-state index contributed by atoms with van der Waals surface area (Å²) < 4.78 is 47.6.